The first kappa shape index (κ1) is 21.7. The van der Waals surface area contributed by atoms with Crippen LogP contribution in [0.4, 0.5) is 5.82 Å². The maximum atomic E-state index is 12.7. The number of nitrogens with zero attached hydrogens (tertiary/aromatic N) is 5. The van der Waals surface area contributed by atoms with Crippen molar-refractivity contribution < 1.29 is 4.79 Å². The zero-order valence-electron chi connectivity index (χ0n) is 18.8. The topological polar surface area (TPSA) is 75.9 Å². The van der Waals surface area contributed by atoms with Gasteiger partial charge in [0.15, 0.2) is 10.8 Å². The number of hydrogen-bond donors (Lipinski definition) is 1. The molecule has 1 fully saturated rings. The van der Waals surface area contributed by atoms with E-state index in [2.05, 4.69) is 22.2 Å². The van der Waals surface area contributed by atoms with E-state index in [1.165, 1.54) is 12.8 Å². The first-order valence-electron chi connectivity index (χ1n) is 11.6. The molecule has 0 saturated carbocycles. The molecule has 0 bridgehead atoms. The number of amides is 1. The molecular weight excluding hydrogens is 432 g/mol. The van der Waals surface area contributed by atoms with Crippen molar-refractivity contribution >= 4 is 45.3 Å². The molecule has 1 aliphatic heterocycles. The van der Waals surface area contributed by atoms with Crippen molar-refractivity contribution in [3.63, 3.8) is 0 Å². The van der Waals surface area contributed by atoms with Crippen LogP contribution in [0.25, 0.3) is 21.8 Å². The normalized spacial score (nSPS) is 13.8. The highest BCUT2D eigenvalue weighted by molar-refractivity contribution is 7.99. The number of anilines is 1. The van der Waals surface area contributed by atoms with Gasteiger partial charge in [0.2, 0.25) is 0 Å². The molecule has 0 spiro atoms. The van der Waals surface area contributed by atoms with E-state index in [0.717, 1.165) is 58.0 Å². The van der Waals surface area contributed by atoms with Crippen molar-refractivity contribution in [2.45, 2.75) is 37.9 Å². The van der Waals surface area contributed by atoms with Crippen LogP contribution in [0.2, 0.25) is 0 Å². The lowest BCUT2D eigenvalue weighted by Crippen LogP contribution is -2.27. The molecule has 170 valence electrons. The van der Waals surface area contributed by atoms with Gasteiger partial charge >= 0.3 is 0 Å². The van der Waals surface area contributed by atoms with Crippen LogP contribution in [0.1, 0.15) is 36.5 Å². The molecule has 0 unspecified atom stereocenters. The van der Waals surface area contributed by atoms with Crippen LogP contribution < -0.4 is 10.2 Å². The molecule has 5 rings (SSSR count). The third kappa shape index (κ3) is 4.66. The van der Waals surface area contributed by atoms with Crippen molar-refractivity contribution in [3.05, 3.63) is 54.2 Å². The van der Waals surface area contributed by atoms with Gasteiger partial charge in [-0.1, -0.05) is 49.0 Å². The maximum absolute atomic E-state index is 12.7. The Morgan fingerprint density at radius 1 is 1.09 bits per heavy atom. The number of aromatic nitrogens is 4. The zero-order valence-corrected chi connectivity index (χ0v) is 19.6. The maximum Gasteiger partial charge on any atom is 0.251 e. The molecule has 1 saturated heterocycles. The van der Waals surface area contributed by atoms with E-state index in [4.69, 9.17) is 9.97 Å². The number of carbonyl (C=O) groups is 1. The lowest BCUT2D eigenvalue weighted by atomic mass is 10.1. The summed E-state index contributed by atoms with van der Waals surface area (Å²) in [5.74, 6) is 1.90. The van der Waals surface area contributed by atoms with Crippen LogP contribution in [0.3, 0.4) is 0 Å². The fraction of sp³-hybridized carbons (Fsp3) is 0.360. The molecule has 1 amide bonds. The molecule has 3 heterocycles. The molecule has 1 aliphatic rings. The van der Waals surface area contributed by atoms with E-state index in [9.17, 15) is 4.79 Å². The summed E-state index contributed by atoms with van der Waals surface area (Å²) in [6.45, 7) is 5.24. The molecule has 2 aromatic carbocycles. The second kappa shape index (κ2) is 9.79. The first-order valence-corrected chi connectivity index (χ1v) is 12.6. The third-order valence-corrected chi connectivity index (χ3v) is 6.97. The number of nitrogens with one attached hydrogen (secondary N) is 1. The average molecular weight is 461 g/mol. The fourth-order valence-electron chi connectivity index (χ4n) is 4.22. The Hall–Kier alpha value is -3.13. The standard InChI is InChI=1S/C25H28N6OS/c1-2-15-33-25-28-22(30-12-5-6-13-30)21-17-27-31(23(21)29-25)14-11-26-24(32)20-10-9-18-7-3-4-8-19(18)16-20/h3-4,7-10,16-17H,2,5-6,11-15H2,1H3,(H,26,32). The van der Waals surface area contributed by atoms with Gasteiger partial charge in [0.05, 0.1) is 18.1 Å². The summed E-state index contributed by atoms with van der Waals surface area (Å²) >= 11 is 1.69. The molecule has 0 aliphatic carbocycles. The monoisotopic (exact) mass is 460 g/mol. The van der Waals surface area contributed by atoms with Crippen molar-refractivity contribution in [2.75, 3.05) is 30.3 Å². The highest BCUT2D eigenvalue weighted by Gasteiger charge is 2.21. The van der Waals surface area contributed by atoms with Crippen LogP contribution in [-0.2, 0) is 6.54 Å². The van der Waals surface area contributed by atoms with Gasteiger partial charge in [0.25, 0.3) is 5.91 Å². The Labute approximate surface area is 197 Å². The lowest BCUT2D eigenvalue weighted by molar-refractivity contribution is 0.0952. The van der Waals surface area contributed by atoms with Gasteiger partial charge in [-0.15, -0.1) is 0 Å². The molecule has 8 heteroatoms. The molecule has 2 aromatic heterocycles. The lowest BCUT2D eigenvalue weighted by Gasteiger charge is -2.18. The van der Waals surface area contributed by atoms with Crippen LogP contribution in [0, 0.1) is 0 Å². The number of thioether (sulfide) groups is 1. The number of hydrogen-bond acceptors (Lipinski definition) is 6. The van der Waals surface area contributed by atoms with Crippen LogP contribution in [0.5, 0.6) is 0 Å². The number of benzene rings is 2. The number of fused-ring (bicyclic) bond motifs is 2. The minimum Gasteiger partial charge on any atom is -0.356 e. The third-order valence-electron chi connectivity index (χ3n) is 5.92. The SMILES string of the molecule is CCCSc1nc(N2CCCC2)c2cnn(CCNC(=O)c3ccc4ccccc4c3)c2n1. The van der Waals surface area contributed by atoms with E-state index < -0.39 is 0 Å². The molecule has 7 nitrogen and oxygen atoms in total. The van der Waals surface area contributed by atoms with E-state index in [1.54, 1.807) is 11.8 Å². The van der Waals surface area contributed by atoms with Gasteiger partial charge in [-0.05, 0) is 42.2 Å². The van der Waals surface area contributed by atoms with Crippen molar-refractivity contribution in [1.29, 1.82) is 0 Å². The summed E-state index contributed by atoms with van der Waals surface area (Å²) < 4.78 is 1.88. The Bertz CT molecular complexity index is 1280. The van der Waals surface area contributed by atoms with Crippen LogP contribution in [0.15, 0.2) is 53.8 Å². The highest BCUT2D eigenvalue weighted by atomic mass is 32.2. The smallest absolute Gasteiger partial charge is 0.251 e. The Morgan fingerprint density at radius 2 is 1.91 bits per heavy atom. The highest BCUT2D eigenvalue weighted by Crippen LogP contribution is 2.29. The van der Waals surface area contributed by atoms with E-state index in [0.29, 0.717) is 18.7 Å². The van der Waals surface area contributed by atoms with Gasteiger partial charge in [-0.2, -0.15) is 5.10 Å². The summed E-state index contributed by atoms with van der Waals surface area (Å²) in [4.78, 5) is 24.7. The first-order chi connectivity index (χ1) is 16.2. The van der Waals surface area contributed by atoms with Crippen molar-refractivity contribution in [3.8, 4) is 0 Å². The van der Waals surface area contributed by atoms with E-state index in [-0.39, 0.29) is 5.91 Å². The fourth-order valence-corrected chi connectivity index (χ4v) is 4.91. The van der Waals surface area contributed by atoms with Crippen molar-refractivity contribution in [1.82, 2.24) is 25.1 Å². The summed E-state index contributed by atoms with van der Waals surface area (Å²) in [7, 11) is 0. The number of carbonyl (C=O) groups excluding carboxylic acids is 1. The minimum atomic E-state index is -0.0798. The molecule has 4 aromatic rings. The zero-order chi connectivity index (χ0) is 22.6. The number of rotatable bonds is 8. The predicted octanol–water partition coefficient (Wildman–Crippen LogP) is 4.51. The predicted molar refractivity (Wildman–Crippen MR) is 134 cm³/mol. The van der Waals surface area contributed by atoms with E-state index >= 15 is 0 Å². The molecular formula is C25H28N6OS. The minimum absolute atomic E-state index is 0.0798. The average Bonchev–Trinajstić information content (AvgIpc) is 3.52. The molecule has 33 heavy (non-hydrogen) atoms. The van der Waals surface area contributed by atoms with Crippen LogP contribution in [-0.4, -0.2) is 51.0 Å². The van der Waals surface area contributed by atoms with Crippen LogP contribution >= 0.6 is 11.8 Å². The van der Waals surface area contributed by atoms with Gasteiger partial charge < -0.3 is 10.2 Å². The summed E-state index contributed by atoms with van der Waals surface area (Å²) in [6.07, 6.45) is 5.32. The second-order valence-corrected chi connectivity index (χ2v) is 9.36. The Morgan fingerprint density at radius 3 is 2.73 bits per heavy atom. The second-order valence-electron chi connectivity index (χ2n) is 8.30. The van der Waals surface area contributed by atoms with Crippen molar-refractivity contribution in [2.24, 2.45) is 0 Å². The molecule has 1 N–H and O–H groups in total. The van der Waals surface area contributed by atoms with E-state index in [1.807, 2.05) is 53.3 Å². The van der Waals surface area contributed by atoms with Gasteiger partial charge in [0.1, 0.15) is 5.82 Å². The molecule has 0 atom stereocenters. The Kier molecular flexibility index (Phi) is 6.44. The van der Waals surface area contributed by atoms with Gasteiger partial charge in [-0.3, -0.25) is 4.79 Å². The largest absolute Gasteiger partial charge is 0.356 e. The quantitative estimate of drug-likeness (QED) is 0.308. The van der Waals surface area contributed by atoms with Gasteiger partial charge in [0, 0.05) is 31.0 Å². The Balaban J connectivity index is 1.32. The summed E-state index contributed by atoms with van der Waals surface area (Å²) in [6, 6.07) is 13.8. The molecule has 0 radical (unpaired) electrons. The van der Waals surface area contributed by atoms with Gasteiger partial charge in [-0.25, -0.2) is 14.6 Å². The summed E-state index contributed by atoms with van der Waals surface area (Å²) in [5.41, 5.74) is 1.50. The summed E-state index contributed by atoms with van der Waals surface area (Å²) in [5, 5.41) is 11.6.